The molecule has 0 aromatic carbocycles. The first-order valence-electron chi connectivity index (χ1n) is 5.22. The molecule has 0 aliphatic carbocycles. The number of hydrogen-bond donors (Lipinski definition) is 3. The maximum Gasteiger partial charge on any atom is 0.400 e. The fourth-order valence-electron chi connectivity index (χ4n) is 1.09. The number of nitrogens with two attached hydrogens (primary N) is 1. The lowest BCUT2D eigenvalue weighted by Crippen LogP contribution is -2.45. The quantitative estimate of drug-likeness (QED) is 0.274. The van der Waals surface area contributed by atoms with E-state index in [4.69, 9.17) is 10.9 Å². The number of alkyl halides is 3. The minimum Gasteiger partial charge on any atom is -0.409 e. The predicted octanol–water partition coefficient (Wildman–Crippen LogP) is -0.0208. The molecule has 18 heavy (non-hydrogen) atoms. The monoisotopic (exact) mass is 270 g/mol. The summed E-state index contributed by atoms with van der Waals surface area (Å²) in [7, 11) is 1.54. The molecule has 1 unspecified atom stereocenters. The number of rotatable bonds is 6. The summed E-state index contributed by atoms with van der Waals surface area (Å²) >= 11 is 0. The fraction of sp³-hybridized carbons (Fsp3) is 0.778. The zero-order valence-electron chi connectivity index (χ0n) is 10.2. The van der Waals surface area contributed by atoms with Gasteiger partial charge in [-0.05, 0) is 6.92 Å². The number of oxime groups is 1. The minimum atomic E-state index is -4.64. The molecule has 0 bridgehead atoms. The molecule has 0 aliphatic heterocycles. The van der Waals surface area contributed by atoms with Crippen LogP contribution < -0.4 is 11.1 Å². The third-order valence-corrected chi connectivity index (χ3v) is 2.39. The Kier molecular flexibility index (Phi) is 6.45. The van der Waals surface area contributed by atoms with Crippen molar-refractivity contribution in [3.05, 3.63) is 0 Å². The first-order chi connectivity index (χ1) is 8.23. The summed E-state index contributed by atoms with van der Waals surface area (Å²) in [6, 6.07) is 0. The number of carbonyl (C=O) groups is 1. The lowest BCUT2D eigenvalue weighted by molar-refractivity contribution is -0.155. The molecule has 4 N–H and O–H groups in total. The highest BCUT2D eigenvalue weighted by Gasteiger charge is 2.42. The Balaban J connectivity index is 4.35. The fourth-order valence-corrected chi connectivity index (χ4v) is 1.09. The van der Waals surface area contributed by atoms with Crippen LogP contribution in [0.25, 0.3) is 0 Å². The maximum atomic E-state index is 12.5. The van der Waals surface area contributed by atoms with Crippen LogP contribution in [0.3, 0.4) is 0 Å². The number of nitrogens with one attached hydrogen (secondary N) is 1. The van der Waals surface area contributed by atoms with E-state index >= 15 is 0 Å². The van der Waals surface area contributed by atoms with E-state index in [1.807, 2.05) is 0 Å². The van der Waals surface area contributed by atoms with Crippen molar-refractivity contribution in [2.75, 3.05) is 26.7 Å². The Labute approximate surface area is 103 Å². The molecule has 0 radical (unpaired) electrons. The van der Waals surface area contributed by atoms with Gasteiger partial charge in [0.1, 0.15) is 5.92 Å². The number of likely N-dealkylation sites (N-methyl/N-ethyl adjacent to an activating group) is 1. The largest absolute Gasteiger partial charge is 0.409 e. The van der Waals surface area contributed by atoms with Gasteiger partial charge in [-0.3, -0.25) is 4.79 Å². The molecule has 6 nitrogen and oxygen atoms in total. The molecule has 0 rings (SSSR count). The van der Waals surface area contributed by atoms with E-state index in [-0.39, 0.29) is 12.5 Å². The van der Waals surface area contributed by atoms with E-state index in [0.29, 0.717) is 6.54 Å². The number of amides is 1. The molecule has 106 valence electrons. The third kappa shape index (κ3) is 5.21. The molecule has 0 spiro atoms. The van der Waals surface area contributed by atoms with Gasteiger partial charge in [0.25, 0.3) is 0 Å². The van der Waals surface area contributed by atoms with Gasteiger partial charge >= 0.3 is 6.18 Å². The van der Waals surface area contributed by atoms with Gasteiger partial charge in [0, 0.05) is 20.1 Å². The van der Waals surface area contributed by atoms with E-state index < -0.39 is 24.5 Å². The lowest BCUT2D eigenvalue weighted by Gasteiger charge is -2.20. The zero-order valence-corrected chi connectivity index (χ0v) is 10.2. The average Bonchev–Trinajstić information content (AvgIpc) is 2.30. The number of hydrogen-bond acceptors (Lipinski definition) is 4. The van der Waals surface area contributed by atoms with Crippen LogP contribution in [0.2, 0.25) is 0 Å². The van der Waals surface area contributed by atoms with E-state index in [1.165, 1.54) is 11.9 Å². The van der Waals surface area contributed by atoms with Crippen LogP contribution >= 0.6 is 0 Å². The Morgan fingerprint density at radius 2 is 2.11 bits per heavy atom. The highest BCUT2D eigenvalue weighted by Crippen LogP contribution is 2.25. The van der Waals surface area contributed by atoms with Crippen molar-refractivity contribution < 1.29 is 23.2 Å². The lowest BCUT2D eigenvalue weighted by atomic mass is 10.1. The molecule has 0 saturated carbocycles. The van der Waals surface area contributed by atoms with Crippen LogP contribution in [-0.4, -0.2) is 54.7 Å². The SMILES string of the molecule is CCN(C)C(=O)CNCC(C(N)=NO)C(F)(F)F. The summed E-state index contributed by atoms with van der Waals surface area (Å²) in [5.74, 6) is -3.40. The third-order valence-electron chi connectivity index (χ3n) is 2.39. The predicted molar refractivity (Wildman–Crippen MR) is 59.1 cm³/mol. The van der Waals surface area contributed by atoms with Gasteiger partial charge in [-0.2, -0.15) is 13.2 Å². The van der Waals surface area contributed by atoms with Crippen LogP contribution in [0.5, 0.6) is 0 Å². The summed E-state index contributed by atoms with van der Waals surface area (Å²) in [6.45, 7) is 1.34. The van der Waals surface area contributed by atoms with Gasteiger partial charge in [0.05, 0.1) is 6.54 Å². The molecule has 0 aromatic rings. The number of amidine groups is 1. The minimum absolute atomic E-state index is 0.240. The Bertz CT molecular complexity index is 307. The van der Waals surface area contributed by atoms with Crippen molar-refractivity contribution in [2.24, 2.45) is 16.8 Å². The summed E-state index contributed by atoms with van der Waals surface area (Å²) in [5, 5.41) is 12.9. The highest BCUT2D eigenvalue weighted by molar-refractivity contribution is 5.83. The average molecular weight is 270 g/mol. The molecule has 9 heteroatoms. The summed E-state index contributed by atoms with van der Waals surface area (Å²) < 4.78 is 37.5. The highest BCUT2D eigenvalue weighted by atomic mass is 19.4. The van der Waals surface area contributed by atoms with Crippen molar-refractivity contribution in [3.63, 3.8) is 0 Å². The van der Waals surface area contributed by atoms with Crippen molar-refractivity contribution in [3.8, 4) is 0 Å². The van der Waals surface area contributed by atoms with Gasteiger partial charge in [0.15, 0.2) is 5.84 Å². The van der Waals surface area contributed by atoms with Crippen LogP contribution in [0.4, 0.5) is 13.2 Å². The molecule has 0 saturated heterocycles. The molecular weight excluding hydrogens is 253 g/mol. The van der Waals surface area contributed by atoms with Gasteiger partial charge in [-0.1, -0.05) is 5.16 Å². The molecule has 0 fully saturated rings. The van der Waals surface area contributed by atoms with Gasteiger partial charge in [0.2, 0.25) is 5.91 Å². The van der Waals surface area contributed by atoms with E-state index in [9.17, 15) is 18.0 Å². The first-order valence-corrected chi connectivity index (χ1v) is 5.22. The van der Waals surface area contributed by atoms with Crippen LogP contribution in [-0.2, 0) is 4.79 Å². The number of nitrogens with zero attached hydrogens (tertiary/aromatic N) is 2. The molecule has 1 atom stereocenters. The summed E-state index contributed by atoms with van der Waals surface area (Å²) in [6.07, 6.45) is -4.64. The van der Waals surface area contributed by atoms with Gasteiger partial charge < -0.3 is 21.2 Å². The first kappa shape index (κ1) is 16.5. The number of carbonyl (C=O) groups excluding carboxylic acids is 1. The maximum absolute atomic E-state index is 12.5. The Morgan fingerprint density at radius 1 is 1.56 bits per heavy atom. The van der Waals surface area contributed by atoms with Gasteiger partial charge in [-0.15, -0.1) is 0 Å². The Hall–Kier alpha value is -1.51. The zero-order chi connectivity index (χ0) is 14.3. The second kappa shape index (κ2) is 7.04. The van der Waals surface area contributed by atoms with Crippen LogP contribution in [0.1, 0.15) is 6.92 Å². The standard InChI is InChI=1S/C9H17F3N4O2/c1-3-16(2)7(17)5-14-4-6(8(13)15-18)9(10,11)12/h6,14,18H,3-5H2,1-2H3,(H2,13,15). The van der Waals surface area contributed by atoms with Crippen LogP contribution in [0, 0.1) is 5.92 Å². The molecule has 0 aliphatic rings. The molecule has 0 aromatic heterocycles. The Morgan fingerprint density at radius 3 is 2.50 bits per heavy atom. The summed E-state index contributed by atoms with van der Waals surface area (Å²) in [5.41, 5.74) is 4.95. The second-order valence-electron chi connectivity index (χ2n) is 3.66. The van der Waals surface area contributed by atoms with Crippen molar-refractivity contribution >= 4 is 11.7 Å². The van der Waals surface area contributed by atoms with E-state index in [2.05, 4.69) is 10.5 Å². The normalized spacial score (nSPS) is 14.4. The topological polar surface area (TPSA) is 91.0 Å². The van der Waals surface area contributed by atoms with Crippen LogP contribution in [0.15, 0.2) is 5.16 Å². The second-order valence-corrected chi connectivity index (χ2v) is 3.66. The number of halogens is 3. The van der Waals surface area contributed by atoms with Crippen molar-refractivity contribution in [2.45, 2.75) is 13.1 Å². The van der Waals surface area contributed by atoms with E-state index in [1.54, 1.807) is 6.92 Å². The molecular formula is C9H17F3N4O2. The smallest absolute Gasteiger partial charge is 0.400 e. The van der Waals surface area contributed by atoms with Gasteiger partial charge in [-0.25, -0.2) is 0 Å². The van der Waals surface area contributed by atoms with Crippen molar-refractivity contribution in [1.82, 2.24) is 10.2 Å². The van der Waals surface area contributed by atoms with E-state index in [0.717, 1.165) is 0 Å². The van der Waals surface area contributed by atoms with Crippen molar-refractivity contribution in [1.29, 1.82) is 0 Å². The molecule has 0 heterocycles. The summed E-state index contributed by atoms with van der Waals surface area (Å²) in [4.78, 5) is 12.7. The molecule has 1 amide bonds.